The molecule has 0 aromatic heterocycles. The number of piperidine rings is 1. The van der Waals surface area contributed by atoms with E-state index < -0.39 is 0 Å². The van der Waals surface area contributed by atoms with Crippen molar-refractivity contribution in [1.29, 1.82) is 0 Å². The molecular formula is C16H26N2O. The van der Waals surface area contributed by atoms with Crippen molar-refractivity contribution in [3.63, 3.8) is 0 Å². The number of methoxy groups -OCH3 is 1. The van der Waals surface area contributed by atoms with E-state index in [0.29, 0.717) is 0 Å². The van der Waals surface area contributed by atoms with Crippen LogP contribution in [-0.4, -0.2) is 44.7 Å². The molecule has 0 radical (unpaired) electrons. The van der Waals surface area contributed by atoms with Crippen LogP contribution in [0.5, 0.6) is 5.75 Å². The molecule has 2 rings (SSSR count). The molecule has 0 bridgehead atoms. The van der Waals surface area contributed by atoms with Crippen LogP contribution in [0.2, 0.25) is 0 Å². The molecule has 19 heavy (non-hydrogen) atoms. The van der Waals surface area contributed by atoms with Crippen LogP contribution in [-0.2, 0) is 6.42 Å². The molecule has 1 unspecified atom stereocenters. The maximum Gasteiger partial charge on any atom is 0.118 e. The van der Waals surface area contributed by atoms with Gasteiger partial charge in [0.1, 0.15) is 5.75 Å². The predicted octanol–water partition coefficient (Wildman–Crippen LogP) is 2.31. The van der Waals surface area contributed by atoms with Crippen molar-refractivity contribution in [3.8, 4) is 5.75 Å². The lowest BCUT2D eigenvalue weighted by molar-refractivity contribution is 0.149. The van der Waals surface area contributed by atoms with E-state index in [1.165, 1.54) is 37.9 Å². The van der Waals surface area contributed by atoms with Crippen LogP contribution >= 0.6 is 0 Å². The summed E-state index contributed by atoms with van der Waals surface area (Å²) in [5, 5.41) is 3.32. The summed E-state index contributed by atoms with van der Waals surface area (Å²) in [6, 6.07) is 9.18. The molecule has 1 heterocycles. The number of benzene rings is 1. The molecule has 0 aliphatic carbocycles. The summed E-state index contributed by atoms with van der Waals surface area (Å²) in [6.07, 6.45) is 5.20. The largest absolute Gasteiger partial charge is 0.497 e. The van der Waals surface area contributed by atoms with E-state index in [1.54, 1.807) is 7.11 Å². The predicted molar refractivity (Wildman–Crippen MR) is 79.8 cm³/mol. The highest BCUT2D eigenvalue weighted by molar-refractivity contribution is 5.27. The Morgan fingerprint density at radius 2 is 2.05 bits per heavy atom. The first-order valence-corrected chi connectivity index (χ1v) is 7.35. The molecule has 1 aliphatic heterocycles. The highest BCUT2D eigenvalue weighted by Crippen LogP contribution is 2.18. The normalized spacial score (nSPS) is 20.4. The van der Waals surface area contributed by atoms with Crippen LogP contribution in [0.15, 0.2) is 24.3 Å². The molecule has 1 atom stereocenters. The first-order chi connectivity index (χ1) is 9.33. The molecule has 0 spiro atoms. The fourth-order valence-electron chi connectivity index (χ4n) is 2.89. The van der Waals surface area contributed by atoms with Gasteiger partial charge in [0.05, 0.1) is 7.11 Å². The number of nitrogens with one attached hydrogen (secondary N) is 1. The molecule has 1 aromatic rings. The SMILES string of the molecule is CNCC1CCCCN1CCc1ccc(OC)cc1. The van der Waals surface area contributed by atoms with E-state index >= 15 is 0 Å². The fraction of sp³-hybridized carbons (Fsp3) is 0.625. The molecule has 1 N–H and O–H groups in total. The summed E-state index contributed by atoms with van der Waals surface area (Å²) in [5.41, 5.74) is 1.40. The van der Waals surface area contributed by atoms with Gasteiger partial charge in [-0.25, -0.2) is 0 Å². The van der Waals surface area contributed by atoms with Crippen LogP contribution in [0.25, 0.3) is 0 Å². The molecular weight excluding hydrogens is 236 g/mol. The number of hydrogen-bond acceptors (Lipinski definition) is 3. The van der Waals surface area contributed by atoms with Crippen LogP contribution in [0.3, 0.4) is 0 Å². The maximum atomic E-state index is 5.19. The Kier molecular flexibility index (Phi) is 5.67. The summed E-state index contributed by atoms with van der Waals surface area (Å²) in [6.45, 7) is 3.53. The number of likely N-dealkylation sites (N-methyl/N-ethyl adjacent to an activating group) is 1. The van der Waals surface area contributed by atoms with E-state index in [-0.39, 0.29) is 0 Å². The van der Waals surface area contributed by atoms with Gasteiger partial charge in [0.25, 0.3) is 0 Å². The molecule has 1 aliphatic rings. The highest BCUT2D eigenvalue weighted by Gasteiger charge is 2.20. The second-order valence-corrected chi connectivity index (χ2v) is 5.34. The van der Waals surface area contributed by atoms with Gasteiger partial charge in [-0.2, -0.15) is 0 Å². The van der Waals surface area contributed by atoms with Gasteiger partial charge in [-0.1, -0.05) is 18.6 Å². The van der Waals surface area contributed by atoms with Gasteiger partial charge in [-0.15, -0.1) is 0 Å². The third kappa shape index (κ3) is 4.22. The average Bonchev–Trinajstić information content (AvgIpc) is 2.47. The van der Waals surface area contributed by atoms with Gasteiger partial charge in [0, 0.05) is 19.1 Å². The van der Waals surface area contributed by atoms with Gasteiger partial charge in [-0.05, 0) is 50.6 Å². The van der Waals surface area contributed by atoms with Crippen LogP contribution in [0, 0.1) is 0 Å². The number of hydrogen-bond donors (Lipinski definition) is 1. The van der Waals surface area contributed by atoms with E-state index in [2.05, 4.69) is 41.5 Å². The molecule has 106 valence electrons. The topological polar surface area (TPSA) is 24.5 Å². The molecule has 1 saturated heterocycles. The molecule has 3 heteroatoms. The van der Waals surface area contributed by atoms with E-state index in [0.717, 1.165) is 24.8 Å². The highest BCUT2D eigenvalue weighted by atomic mass is 16.5. The molecule has 0 amide bonds. The van der Waals surface area contributed by atoms with Gasteiger partial charge in [0.2, 0.25) is 0 Å². The second-order valence-electron chi connectivity index (χ2n) is 5.34. The zero-order chi connectivity index (χ0) is 13.5. The lowest BCUT2D eigenvalue weighted by Gasteiger charge is -2.35. The van der Waals surface area contributed by atoms with E-state index in [1.807, 2.05) is 0 Å². The smallest absolute Gasteiger partial charge is 0.118 e. The molecule has 3 nitrogen and oxygen atoms in total. The maximum absolute atomic E-state index is 5.19. The Balaban J connectivity index is 1.85. The Hall–Kier alpha value is -1.06. The molecule has 1 aromatic carbocycles. The van der Waals surface area contributed by atoms with Crippen molar-refractivity contribution in [3.05, 3.63) is 29.8 Å². The van der Waals surface area contributed by atoms with Crippen LogP contribution in [0.4, 0.5) is 0 Å². The fourth-order valence-corrected chi connectivity index (χ4v) is 2.89. The standard InChI is InChI=1S/C16H26N2O/c1-17-13-15-5-3-4-11-18(15)12-10-14-6-8-16(19-2)9-7-14/h6-9,15,17H,3-5,10-13H2,1-2H3. The summed E-state index contributed by atoms with van der Waals surface area (Å²) in [7, 11) is 3.77. The van der Waals surface area contributed by atoms with Crippen LogP contribution in [0.1, 0.15) is 24.8 Å². The van der Waals surface area contributed by atoms with E-state index in [9.17, 15) is 0 Å². The Morgan fingerprint density at radius 3 is 2.74 bits per heavy atom. The first kappa shape index (κ1) is 14.4. The minimum absolute atomic E-state index is 0.719. The Morgan fingerprint density at radius 1 is 1.26 bits per heavy atom. The van der Waals surface area contributed by atoms with E-state index in [4.69, 9.17) is 4.74 Å². The van der Waals surface area contributed by atoms with Crippen molar-refractivity contribution >= 4 is 0 Å². The number of rotatable bonds is 6. The summed E-state index contributed by atoms with van der Waals surface area (Å²) < 4.78 is 5.19. The van der Waals surface area contributed by atoms with Crippen molar-refractivity contribution in [2.75, 3.05) is 33.8 Å². The summed E-state index contributed by atoms with van der Waals surface area (Å²) >= 11 is 0. The van der Waals surface area contributed by atoms with Gasteiger partial charge >= 0.3 is 0 Å². The number of nitrogens with zero attached hydrogens (tertiary/aromatic N) is 1. The third-order valence-corrected chi connectivity index (χ3v) is 4.04. The molecule has 0 saturated carbocycles. The van der Waals surface area contributed by atoms with Gasteiger partial charge in [0.15, 0.2) is 0 Å². The van der Waals surface area contributed by atoms with Gasteiger partial charge in [-0.3, -0.25) is 4.90 Å². The monoisotopic (exact) mass is 262 g/mol. The minimum atomic E-state index is 0.719. The Labute approximate surface area is 116 Å². The average molecular weight is 262 g/mol. The van der Waals surface area contributed by atoms with Crippen LogP contribution < -0.4 is 10.1 Å². The lowest BCUT2D eigenvalue weighted by atomic mass is 10.0. The van der Waals surface area contributed by atoms with Gasteiger partial charge < -0.3 is 10.1 Å². The minimum Gasteiger partial charge on any atom is -0.497 e. The second kappa shape index (κ2) is 7.51. The molecule has 1 fully saturated rings. The van der Waals surface area contributed by atoms with Crippen molar-refractivity contribution in [2.45, 2.75) is 31.7 Å². The Bertz CT molecular complexity index is 362. The first-order valence-electron chi connectivity index (χ1n) is 7.35. The zero-order valence-electron chi connectivity index (χ0n) is 12.2. The third-order valence-electron chi connectivity index (χ3n) is 4.04. The lowest BCUT2D eigenvalue weighted by Crippen LogP contribution is -2.45. The summed E-state index contributed by atoms with van der Waals surface area (Å²) in [5.74, 6) is 0.940. The van der Waals surface area contributed by atoms with Crippen molar-refractivity contribution in [2.24, 2.45) is 0 Å². The summed E-state index contributed by atoms with van der Waals surface area (Å²) in [4.78, 5) is 2.64. The number of ether oxygens (including phenoxy) is 1. The zero-order valence-corrected chi connectivity index (χ0v) is 12.2. The van der Waals surface area contributed by atoms with Crippen molar-refractivity contribution < 1.29 is 4.74 Å². The quantitative estimate of drug-likeness (QED) is 0.851. The van der Waals surface area contributed by atoms with Crippen molar-refractivity contribution in [1.82, 2.24) is 10.2 Å². The number of likely N-dealkylation sites (tertiary alicyclic amines) is 1.